The Balaban J connectivity index is 1.71. The van der Waals surface area contributed by atoms with Crippen molar-refractivity contribution in [2.75, 3.05) is 11.4 Å². The second kappa shape index (κ2) is 6.04. The lowest BCUT2D eigenvalue weighted by molar-refractivity contribution is 0.0984. The van der Waals surface area contributed by atoms with E-state index in [0.29, 0.717) is 41.9 Å². The summed E-state index contributed by atoms with van der Waals surface area (Å²) in [6, 6.07) is 3.88. The lowest BCUT2D eigenvalue weighted by atomic mass is 10.0. The van der Waals surface area contributed by atoms with Crippen molar-refractivity contribution in [2.45, 2.75) is 12.8 Å². The molecule has 0 aliphatic carbocycles. The van der Waals surface area contributed by atoms with Gasteiger partial charge in [0.05, 0.1) is 35.5 Å². The molecule has 1 amide bonds. The van der Waals surface area contributed by atoms with Gasteiger partial charge in [0.2, 0.25) is 0 Å². The molecule has 1 aliphatic heterocycles. The number of hydrogen-bond acceptors (Lipinski definition) is 4. The molecule has 3 heterocycles. The number of nitrogens with zero attached hydrogens (tertiary/aromatic N) is 5. The molecule has 25 heavy (non-hydrogen) atoms. The number of hydrogen-bond donors (Lipinski definition) is 0. The van der Waals surface area contributed by atoms with Crippen molar-refractivity contribution in [3.05, 3.63) is 65.7 Å². The van der Waals surface area contributed by atoms with E-state index in [1.54, 1.807) is 18.5 Å². The summed E-state index contributed by atoms with van der Waals surface area (Å²) < 4.78 is 28.6. The van der Waals surface area contributed by atoms with Crippen LogP contribution in [0.15, 0.2) is 43.0 Å². The fraction of sp³-hybridized carbons (Fsp3) is 0.176. The van der Waals surface area contributed by atoms with E-state index in [1.165, 1.54) is 22.0 Å². The Bertz CT molecular complexity index is 942. The fourth-order valence-electron chi connectivity index (χ4n) is 2.96. The van der Waals surface area contributed by atoms with Crippen molar-refractivity contribution in [1.82, 2.24) is 20.0 Å². The fourth-order valence-corrected chi connectivity index (χ4v) is 2.96. The standard InChI is InChI=1S/C17H13F2N5O/c18-14-7-11-2-1-4-23(16(11)8-15(14)19)17(25)12-6-13(10-20-9-12)24-5-3-21-22-24/h3,5-10H,1-2,4H2. The van der Waals surface area contributed by atoms with E-state index in [4.69, 9.17) is 0 Å². The third-order valence-electron chi connectivity index (χ3n) is 4.14. The van der Waals surface area contributed by atoms with Crippen LogP contribution in [0.1, 0.15) is 22.3 Å². The average molecular weight is 341 g/mol. The Hall–Kier alpha value is -3.16. The monoisotopic (exact) mass is 341 g/mol. The molecule has 0 fully saturated rings. The zero-order chi connectivity index (χ0) is 17.4. The molecule has 6 nitrogen and oxygen atoms in total. The third kappa shape index (κ3) is 2.75. The van der Waals surface area contributed by atoms with E-state index in [2.05, 4.69) is 15.3 Å². The second-order valence-electron chi connectivity index (χ2n) is 5.73. The molecule has 0 bridgehead atoms. The van der Waals surface area contributed by atoms with E-state index in [-0.39, 0.29) is 5.91 Å². The number of anilines is 1. The van der Waals surface area contributed by atoms with Gasteiger partial charge in [0.1, 0.15) is 0 Å². The number of benzene rings is 1. The van der Waals surface area contributed by atoms with Crippen LogP contribution < -0.4 is 4.90 Å². The number of pyridine rings is 1. The zero-order valence-electron chi connectivity index (χ0n) is 13.1. The SMILES string of the molecule is O=C(c1cncc(-n2ccnn2)c1)N1CCCc2cc(F)c(F)cc21. The number of halogens is 2. The van der Waals surface area contributed by atoms with Crippen molar-refractivity contribution in [2.24, 2.45) is 0 Å². The van der Waals surface area contributed by atoms with Crippen LogP contribution in [0.4, 0.5) is 14.5 Å². The van der Waals surface area contributed by atoms with Crippen LogP contribution in [0.3, 0.4) is 0 Å². The van der Waals surface area contributed by atoms with Crippen LogP contribution in [0.25, 0.3) is 5.69 Å². The lowest BCUT2D eigenvalue weighted by Crippen LogP contribution is -2.35. The Labute approximate surface area is 141 Å². The van der Waals surface area contributed by atoms with Crippen LogP contribution in [-0.2, 0) is 6.42 Å². The number of carbonyl (C=O) groups excluding carboxylic acids is 1. The highest BCUT2D eigenvalue weighted by molar-refractivity contribution is 6.06. The summed E-state index contributed by atoms with van der Waals surface area (Å²) in [6.07, 6.45) is 7.45. The summed E-state index contributed by atoms with van der Waals surface area (Å²) in [4.78, 5) is 18.4. The van der Waals surface area contributed by atoms with Crippen molar-refractivity contribution >= 4 is 11.6 Å². The molecular formula is C17H13F2N5O. The molecule has 1 aliphatic rings. The molecule has 126 valence electrons. The highest BCUT2D eigenvalue weighted by Crippen LogP contribution is 2.30. The van der Waals surface area contributed by atoms with E-state index in [1.807, 2.05) is 0 Å². The average Bonchev–Trinajstić information content (AvgIpc) is 3.16. The van der Waals surface area contributed by atoms with Gasteiger partial charge in [-0.1, -0.05) is 5.21 Å². The number of aromatic nitrogens is 4. The van der Waals surface area contributed by atoms with Gasteiger partial charge in [-0.05, 0) is 30.5 Å². The summed E-state index contributed by atoms with van der Waals surface area (Å²) in [5.41, 5.74) is 1.96. The first-order valence-electron chi connectivity index (χ1n) is 7.75. The van der Waals surface area contributed by atoms with Gasteiger partial charge in [-0.3, -0.25) is 9.78 Å². The summed E-state index contributed by atoms with van der Waals surface area (Å²) in [5.74, 6) is -2.18. The van der Waals surface area contributed by atoms with E-state index < -0.39 is 11.6 Å². The summed E-state index contributed by atoms with van der Waals surface area (Å²) in [7, 11) is 0. The lowest BCUT2D eigenvalue weighted by Gasteiger charge is -2.29. The predicted octanol–water partition coefficient (Wildman–Crippen LogP) is 2.53. The Morgan fingerprint density at radius 1 is 1.12 bits per heavy atom. The van der Waals surface area contributed by atoms with Crippen molar-refractivity contribution < 1.29 is 13.6 Å². The Kier molecular flexibility index (Phi) is 3.72. The third-order valence-corrected chi connectivity index (χ3v) is 4.14. The van der Waals surface area contributed by atoms with Gasteiger partial charge in [0.25, 0.3) is 5.91 Å². The maximum Gasteiger partial charge on any atom is 0.259 e. The van der Waals surface area contributed by atoms with E-state index in [0.717, 1.165) is 12.1 Å². The molecule has 0 unspecified atom stereocenters. The molecule has 3 aromatic rings. The number of aryl methyl sites for hydroxylation is 1. The van der Waals surface area contributed by atoms with Crippen molar-refractivity contribution in [1.29, 1.82) is 0 Å². The molecule has 4 rings (SSSR count). The van der Waals surface area contributed by atoms with Gasteiger partial charge >= 0.3 is 0 Å². The molecule has 0 N–H and O–H groups in total. The van der Waals surface area contributed by atoms with Gasteiger partial charge in [0, 0.05) is 18.8 Å². The number of carbonyl (C=O) groups is 1. The van der Waals surface area contributed by atoms with E-state index in [9.17, 15) is 13.6 Å². The summed E-state index contributed by atoms with van der Waals surface area (Å²) in [5, 5.41) is 7.59. The smallest absolute Gasteiger partial charge is 0.259 e. The number of amides is 1. The molecule has 1 aromatic carbocycles. The Morgan fingerprint density at radius 3 is 2.76 bits per heavy atom. The minimum Gasteiger partial charge on any atom is -0.308 e. The van der Waals surface area contributed by atoms with Gasteiger partial charge in [-0.2, -0.15) is 0 Å². The maximum atomic E-state index is 13.7. The normalized spacial score (nSPS) is 13.6. The maximum absolute atomic E-state index is 13.7. The minimum absolute atomic E-state index is 0.318. The predicted molar refractivity (Wildman–Crippen MR) is 85.5 cm³/mol. The number of rotatable bonds is 2. The molecule has 0 saturated heterocycles. The van der Waals surface area contributed by atoms with Crippen LogP contribution >= 0.6 is 0 Å². The first kappa shape index (κ1) is 15.4. The van der Waals surface area contributed by atoms with Crippen LogP contribution in [-0.4, -0.2) is 32.4 Å². The molecule has 0 atom stereocenters. The number of fused-ring (bicyclic) bond motifs is 1. The summed E-state index contributed by atoms with van der Waals surface area (Å²) >= 11 is 0. The summed E-state index contributed by atoms with van der Waals surface area (Å²) in [6.45, 7) is 0.435. The molecular weight excluding hydrogens is 328 g/mol. The molecule has 2 aromatic heterocycles. The van der Waals surface area contributed by atoms with Crippen LogP contribution in [0.5, 0.6) is 0 Å². The van der Waals surface area contributed by atoms with Gasteiger partial charge in [-0.15, -0.1) is 5.10 Å². The molecule has 0 radical (unpaired) electrons. The molecule has 8 heteroatoms. The first-order valence-corrected chi connectivity index (χ1v) is 7.75. The molecule has 0 spiro atoms. The topological polar surface area (TPSA) is 63.9 Å². The Morgan fingerprint density at radius 2 is 1.96 bits per heavy atom. The van der Waals surface area contributed by atoms with Gasteiger partial charge in [0.15, 0.2) is 11.6 Å². The largest absolute Gasteiger partial charge is 0.308 e. The second-order valence-corrected chi connectivity index (χ2v) is 5.73. The quantitative estimate of drug-likeness (QED) is 0.718. The van der Waals surface area contributed by atoms with Crippen LogP contribution in [0.2, 0.25) is 0 Å². The highest BCUT2D eigenvalue weighted by atomic mass is 19.2. The van der Waals surface area contributed by atoms with Gasteiger partial charge in [-0.25, -0.2) is 13.5 Å². The van der Waals surface area contributed by atoms with E-state index >= 15 is 0 Å². The van der Waals surface area contributed by atoms with Gasteiger partial charge < -0.3 is 4.90 Å². The minimum atomic E-state index is -0.965. The molecule has 0 saturated carbocycles. The van der Waals surface area contributed by atoms with Crippen LogP contribution in [0, 0.1) is 11.6 Å². The highest BCUT2D eigenvalue weighted by Gasteiger charge is 2.26. The first-order chi connectivity index (χ1) is 12.1. The van der Waals surface area contributed by atoms with Crippen molar-refractivity contribution in [3.63, 3.8) is 0 Å². The van der Waals surface area contributed by atoms with Crippen molar-refractivity contribution in [3.8, 4) is 5.69 Å². The zero-order valence-corrected chi connectivity index (χ0v) is 13.1.